The summed E-state index contributed by atoms with van der Waals surface area (Å²) in [7, 11) is 0. The van der Waals surface area contributed by atoms with Crippen LogP contribution in [0.1, 0.15) is 33.6 Å². The van der Waals surface area contributed by atoms with E-state index in [1.54, 1.807) is 13.8 Å². The molecule has 0 rings (SSSR count). The van der Waals surface area contributed by atoms with E-state index in [0.29, 0.717) is 0 Å². The average Bonchev–Trinajstić information content (AvgIpc) is 2.59. The molecule has 9 N–H and O–H groups in total. The van der Waals surface area contributed by atoms with Crippen LogP contribution in [-0.4, -0.2) is 70.6 Å². The molecule has 4 unspecified atom stereocenters. The van der Waals surface area contributed by atoms with Gasteiger partial charge in [0, 0.05) is 6.42 Å². The van der Waals surface area contributed by atoms with Gasteiger partial charge in [0.1, 0.15) is 12.1 Å². The number of nitrogens with one attached hydrogen (secondary N) is 3. The predicted octanol–water partition coefficient (Wildman–Crippen LogP) is -3.21. The Labute approximate surface area is 162 Å². The first-order valence-electron chi connectivity index (χ1n) is 8.69. The summed E-state index contributed by atoms with van der Waals surface area (Å²) in [6.45, 7) is 4.09. The molecule has 160 valence electrons. The molecule has 0 aliphatic carbocycles. The number of hydrogen-bond acceptors (Lipinski definition) is 7. The molecule has 0 aromatic heterocycles. The smallest absolute Gasteiger partial charge is 0.326 e. The highest BCUT2D eigenvalue weighted by molar-refractivity contribution is 5.93. The summed E-state index contributed by atoms with van der Waals surface area (Å²) in [5, 5.41) is 25.4. The second-order valence-corrected chi connectivity index (χ2v) is 6.68. The summed E-state index contributed by atoms with van der Waals surface area (Å²) >= 11 is 0. The normalized spacial score (nSPS) is 15.1. The fourth-order valence-corrected chi connectivity index (χ4v) is 2.02. The highest BCUT2D eigenvalue weighted by Crippen LogP contribution is 2.01. The number of carboxylic acid groups (broad SMARTS) is 1. The quantitative estimate of drug-likeness (QED) is 0.175. The maximum Gasteiger partial charge on any atom is 0.326 e. The van der Waals surface area contributed by atoms with E-state index >= 15 is 0 Å². The maximum atomic E-state index is 12.2. The zero-order chi connectivity index (χ0) is 22.0. The Bertz CT molecular complexity index is 594. The number of aliphatic hydroxyl groups excluding tert-OH is 1. The van der Waals surface area contributed by atoms with Crippen molar-refractivity contribution in [2.75, 3.05) is 6.54 Å². The van der Waals surface area contributed by atoms with Crippen molar-refractivity contribution in [1.29, 1.82) is 0 Å². The van der Waals surface area contributed by atoms with Gasteiger partial charge in [0.2, 0.25) is 23.6 Å². The summed E-state index contributed by atoms with van der Waals surface area (Å²) in [6.07, 6.45) is -1.71. The molecule has 12 heteroatoms. The molecule has 0 spiro atoms. The van der Waals surface area contributed by atoms with E-state index in [9.17, 15) is 29.1 Å². The lowest BCUT2D eigenvalue weighted by Crippen LogP contribution is -2.57. The zero-order valence-corrected chi connectivity index (χ0v) is 16.1. The Morgan fingerprint density at radius 3 is 2.00 bits per heavy atom. The molecule has 28 heavy (non-hydrogen) atoms. The van der Waals surface area contributed by atoms with Gasteiger partial charge >= 0.3 is 5.97 Å². The van der Waals surface area contributed by atoms with Gasteiger partial charge in [0.15, 0.2) is 0 Å². The van der Waals surface area contributed by atoms with Gasteiger partial charge in [-0.2, -0.15) is 0 Å². The second kappa shape index (κ2) is 11.9. The van der Waals surface area contributed by atoms with Gasteiger partial charge in [0.25, 0.3) is 0 Å². The highest BCUT2D eigenvalue weighted by atomic mass is 16.4. The molecule has 0 aromatic rings. The zero-order valence-electron chi connectivity index (χ0n) is 16.1. The number of primary amides is 1. The highest BCUT2D eigenvalue weighted by Gasteiger charge is 2.29. The fraction of sp³-hybridized carbons (Fsp3) is 0.688. The molecular formula is C16H29N5O7. The molecule has 4 atom stereocenters. The number of carbonyl (C=O) groups excluding carboxylic acids is 4. The van der Waals surface area contributed by atoms with E-state index in [4.69, 9.17) is 16.6 Å². The number of rotatable bonds is 12. The van der Waals surface area contributed by atoms with Crippen LogP contribution in [0.25, 0.3) is 0 Å². The van der Waals surface area contributed by atoms with Crippen molar-refractivity contribution in [3.63, 3.8) is 0 Å². The van der Waals surface area contributed by atoms with Gasteiger partial charge < -0.3 is 37.6 Å². The first kappa shape index (κ1) is 25.3. The van der Waals surface area contributed by atoms with E-state index in [-0.39, 0.29) is 18.8 Å². The summed E-state index contributed by atoms with van der Waals surface area (Å²) in [6, 6.07) is -3.60. The topological polar surface area (TPSA) is 214 Å². The van der Waals surface area contributed by atoms with Crippen LogP contribution in [0.3, 0.4) is 0 Å². The third-order valence-corrected chi connectivity index (χ3v) is 3.82. The van der Waals surface area contributed by atoms with Crippen LogP contribution in [0.5, 0.6) is 0 Å². The van der Waals surface area contributed by atoms with Crippen LogP contribution >= 0.6 is 0 Å². The minimum Gasteiger partial charge on any atom is -0.480 e. The molecule has 0 aromatic carbocycles. The lowest BCUT2D eigenvalue weighted by Gasteiger charge is -2.24. The lowest BCUT2D eigenvalue weighted by atomic mass is 10.0. The van der Waals surface area contributed by atoms with Crippen molar-refractivity contribution in [2.24, 2.45) is 17.4 Å². The molecule has 0 radical (unpaired) electrons. The number of amides is 4. The van der Waals surface area contributed by atoms with Crippen molar-refractivity contribution in [1.82, 2.24) is 16.0 Å². The Hall–Kier alpha value is -2.73. The predicted molar refractivity (Wildman–Crippen MR) is 97.4 cm³/mol. The number of carbonyl (C=O) groups is 5. The molecule has 0 saturated carbocycles. The third kappa shape index (κ3) is 9.28. The Balaban J connectivity index is 4.75. The molecule has 0 fully saturated rings. The third-order valence-electron chi connectivity index (χ3n) is 3.82. The van der Waals surface area contributed by atoms with Gasteiger partial charge in [-0.25, -0.2) is 4.79 Å². The molecule has 0 heterocycles. The molecule has 0 bridgehead atoms. The monoisotopic (exact) mass is 403 g/mol. The van der Waals surface area contributed by atoms with Crippen LogP contribution in [-0.2, 0) is 24.0 Å². The van der Waals surface area contributed by atoms with E-state index < -0.39 is 60.4 Å². The van der Waals surface area contributed by atoms with Gasteiger partial charge in [-0.1, -0.05) is 13.8 Å². The van der Waals surface area contributed by atoms with E-state index in [0.717, 1.165) is 0 Å². The minimum absolute atomic E-state index is 0.197. The van der Waals surface area contributed by atoms with Gasteiger partial charge in [0.05, 0.1) is 18.7 Å². The standard InChI is InChI=1S/C16H29N5O7/c1-7(2)12(18)14(25)21-13(8(3)22)15(26)19-6-11(24)20-9(16(27)28)4-5-10(17)23/h7-9,12-13,22H,4-6,18H2,1-3H3,(H2,17,23)(H,19,26)(H,20,24)(H,21,25)(H,27,28). The van der Waals surface area contributed by atoms with Crippen molar-refractivity contribution in [3.8, 4) is 0 Å². The van der Waals surface area contributed by atoms with Crippen molar-refractivity contribution in [3.05, 3.63) is 0 Å². The van der Waals surface area contributed by atoms with E-state index in [2.05, 4.69) is 16.0 Å². The van der Waals surface area contributed by atoms with E-state index in [1.165, 1.54) is 6.92 Å². The maximum absolute atomic E-state index is 12.2. The van der Waals surface area contributed by atoms with Gasteiger partial charge in [-0.15, -0.1) is 0 Å². The largest absolute Gasteiger partial charge is 0.480 e. The Kier molecular flexibility index (Phi) is 10.7. The minimum atomic E-state index is -1.36. The SMILES string of the molecule is CC(C)C(N)C(=O)NC(C(=O)NCC(=O)NC(CCC(N)=O)C(=O)O)C(C)O. The summed E-state index contributed by atoms with van der Waals surface area (Å²) in [5.41, 5.74) is 10.6. The molecule has 0 aliphatic heterocycles. The molecule has 4 amide bonds. The number of carboxylic acids is 1. The molecule has 0 saturated heterocycles. The lowest BCUT2D eigenvalue weighted by molar-refractivity contribution is -0.142. The summed E-state index contributed by atoms with van der Waals surface area (Å²) in [5.74, 6) is -4.60. The van der Waals surface area contributed by atoms with Crippen LogP contribution in [0.4, 0.5) is 0 Å². The average molecular weight is 403 g/mol. The number of aliphatic carboxylic acids is 1. The van der Waals surface area contributed by atoms with Gasteiger partial charge in [-0.3, -0.25) is 19.2 Å². The van der Waals surface area contributed by atoms with Crippen molar-refractivity contribution in [2.45, 2.75) is 57.8 Å². The molecule has 0 aliphatic rings. The van der Waals surface area contributed by atoms with Crippen LogP contribution in [0.2, 0.25) is 0 Å². The summed E-state index contributed by atoms with van der Waals surface area (Å²) in [4.78, 5) is 57.8. The Morgan fingerprint density at radius 1 is 1.00 bits per heavy atom. The number of hydrogen-bond donors (Lipinski definition) is 7. The van der Waals surface area contributed by atoms with Gasteiger partial charge in [-0.05, 0) is 19.3 Å². The summed E-state index contributed by atoms with van der Waals surface area (Å²) < 4.78 is 0. The number of aliphatic hydroxyl groups is 1. The molecule has 12 nitrogen and oxygen atoms in total. The first-order valence-corrected chi connectivity index (χ1v) is 8.69. The molecular weight excluding hydrogens is 374 g/mol. The van der Waals surface area contributed by atoms with Crippen LogP contribution in [0, 0.1) is 5.92 Å². The van der Waals surface area contributed by atoms with E-state index in [1.807, 2.05) is 0 Å². The van der Waals surface area contributed by atoms with Crippen molar-refractivity contribution >= 4 is 29.6 Å². The Morgan fingerprint density at radius 2 is 1.57 bits per heavy atom. The van der Waals surface area contributed by atoms with Crippen LogP contribution < -0.4 is 27.4 Å². The number of nitrogens with two attached hydrogens (primary N) is 2. The first-order chi connectivity index (χ1) is 12.9. The second-order valence-electron chi connectivity index (χ2n) is 6.68. The van der Waals surface area contributed by atoms with Crippen molar-refractivity contribution < 1.29 is 34.2 Å². The van der Waals surface area contributed by atoms with Crippen LogP contribution in [0.15, 0.2) is 0 Å². The fourth-order valence-electron chi connectivity index (χ4n) is 2.02.